The fraction of sp³-hybridized carbons (Fsp3) is 0.250. The Hall–Kier alpha value is -1.62. The second kappa shape index (κ2) is 7.98. The predicted octanol–water partition coefficient (Wildman–Crippen LogP) is 3.47. The van der Waals surface area contributed by atoms with Crippen LogP contribution in [0.1, 0.15) is 5.56 Å². The van der Waals surface area contributed by atoms with Gasteiger partial charge in [-0.2, -0.15) is 0 Å². The molecule has 0 heterocycles. The van der Waals surface area contributed by atoms with Gasteiger partial charge in [-0.3, -0.25) is 0 Å². The van der Waals surface area contributed by atoms with E-state index in [1.54, 1.807) is 24.3 Å². The summed E-state index contributed by atoms with van der Waals surface area (Å²) in [6, 6.07) is 13.4. The van der Waals surface area contributed by atoms with Gasteiger partial charge in [-0.05, 0) is 35.9 Å². The highest BCUT2D eigenvalue weighted by atomic mass is 35.5. The van der Waals surface area contributed by atoms with Crippen LogP contribution < -0.4 is 5.32 Å². The summed E-state index contributed by atoms with van der Waals surface area (Å²) in [6.07, 6.45) is -0.666. The van der Waals surface area contributed by atoms with Crippen LogP contribution in [-0.2, 0) is 11.3 Å². The molecule has 0 aromatic heterocycles. The molecule has 0 bridgehead atoms. The minimum atomic E-state index is -0.666. The van der Waals surface area contributed by atoms with Crippen molar-refractivity contribution in [2.24, 2.45) is 0 Å². The van der Waals surface area contributed by atoms with Gasteiger partial charge in [0.1, 0.15) is 5.82 Å². The maximum atomic E-state index is 13.0. The summed E-state index contributed by atoms with van der Waals surface area (Å²) in [7, 11) is 0. The molecule has 2 rings (SSSR count). The molecule has 0 fully saturated rings. The Morgan fingerprint density at radius 1 is 1.19 bits per heavy atom. The van der Waals surface area contributed by atoms with E-state index in [4.69, 9.17) is 16.3 Å². The molecule has 0 amide bonds. The fourth-order valence-corrected chi connectivity index (χ4v) is 1.91. The summed E-state index contributed by atoms with van der Waals surface area (Å²) in [6.45, 7) is 0.906. The quantitative estimate of drug-likeness (QED) is 0.823. The monoisotopic (exact) mass is 309 g/mol. The Morgan fingerprint density at radius 2 is 1.95 bits per heavy atom. The van der Waals surface area contributed by atoms with Gasteiger partial charge < -0.3 is 15.2 Å². The van der Waals surface area contributed by atoms with Crippen LogP contribution in [0.2, 0.25) is 5.02 Å². The SMILES string of the molecule is OC(CNc1cccc(F)c1)COCc1ccc(Cl)cc1. The molecule has 2 N–H and O–H groups in total. The second-order valence-electron chi connectivity index (χ2n) is 4.69. The molecule has 5 heteroatoms. The molecule has 1 atom stereocenters. The van der Waals surface area contributed by atoms with E-state index in [-0.39, 0.29) is 12.4 Å². The van der Waals surface area contributed by atoms with Crippen molar-refractivity contribution in [2.75, 3.05) is 18.5 Å². The molecule has 0 saturated heterocycles. The largest absolute Gasteiger partial charge is 0.389 e. The van der Waals surface area contributed by atoms with E-state index < -0.39 is 6.10 Å². The molecular formula is C16H17ClFNO2. The first kappa shape index (κ1) is 15.8. The zero-order chi connectivity index (χ0) is 15.1. The zero-order valence-corrected chi connectivity index (χ0v) is 12.2. The maximum Gasteiger partial charge on any atom is 0.125 e. The highest BCUT2D eigenvalue weighted by Crippen LogP contribution is 2.11. The van der Waals surface area contributed by atoms with Crippen LogP contribution in [0.3, 0.4) is 0 Å². The second-order valence-corrected chi connectivity index (χ2v) is 5.12. The Kier molecular flexibility index (Phi) is 5.99. The number of aliphatic hydroxyl groups is 1. The van der Waals surface area contributed by atoms with E-state index in [1.165, 1.54) is 12.1 Å². The van der Waals surface area contributed by atoms with E-state index >= 15 is 0 Å². The van der Waals surface area contributed by atoms with Crippen LogP contribution in [-0.4, -0.2) is 24.4 Å². The molecule has 2 aromatic rings. The standard InChI is InChI=1S/C16H17ClFNO2/c17-13-6-4-12(5-7-13)10-21-11-16(20)9-19-15-3-1-2-14(18)8-15/h1-8,16,19-20H,9-11H2. The predicted molar refractivity (Wildman–Crippen MR) is 82.0 cm³/mol. The Labute approximate surface area is 128 Å². The van der Waals surface area contributed by atoms with E-state index in [0.29, 0.717) is 23.9 Å². The molecule has 0 radical (unpaired) electrons. The lowest BCUT2D eigenvalue weighted by Crippen LogP contribution is -2.24. The molecule has 0 aliphatic heterocycles. The third-order valence-electron chi connectivity index (χ3n) is 2.86. The molecular weight excluding hydrogens is 293 g/mol. The molecule has 3 nitrogen and oxygen atoms in total. The van der Waals surface area contributed by atoms with Gasteiger partial charge in [0.25, 0.3) is 0 Å². The van der Waals surface area contributed by atoms with Crippen LogP contribution in [0.4, 0.5) is 10.1 Å². The molecule has 21 heavy (non-hydrogen) atoms. The smallest absolute Gasteiger partial charge is 0.125 e. The topological polar surface area (TPSA) is 41.5 Å². The van der Waals surface area contributed by atoms with Gasteiger partial charge in [-0.1, -0.05) is 29.8 Å². The van der Waals surface area contributed by atoms with E-state index in [0.717, 1.165) is 5.56 Å². The third-order valence-corrected chi connectivity index (χ3v) is 3.11. The molecule has 0 saturated carbocycles. The van der Waals surface area contributed by atoms with Crippen LogP contribution in [0.5, 0.6) is 0 Å². The molecule has 0 aliphatic carbocycles. The summed E-state index contributed by atoms with van der Waals surface area (Å²) < 4.78 is 18.4. The van der Waals surface area contributed by atoms with Crippen molar-refractivity contribution >= 4 is 17.3 Å². The number of nitrogens with one attached hydrogen (secondary N) is 1. The normalized spacial score (nSPS) is 12.1. The van der Waals surface area contributed by atoms with E-state index in [9.17, 15) is 9.50 Å². The summed E-state index contributed by atoms with van der Waals surface area (Å²) in [5.74, 6) is -0.312. The van der Waals surface area contributed by atoms with Gasteiger partial charge in [0, 0.05) is 17.3 Å². The van der Waals surface area contributed by atoms with Gasteiger partial charge >= 0.3 is 0 Å². The number of anilines is 1. The number of benzene rings is 2. The van der Waals surface area contributed by atoms with Gasteiger partial charge in [0.2, 0.25) is 0 Å². The number of hydrogen-bond donors (Lipinski definition) is 2. The average Bonchev–Trinajstić information content (AvgIpc) is 2.47. The minimum Gasteiger partial charge on any atom is -0.389 e. The lowest BCUT2D eigenvalue weighted by Gasteiger charge is -2.13. The van der Waals surface area contributed by atoms with Crippen molar-refractivity contribution in [3.8, 4) is 0 Å². The third kappa shape index (κ3) is 5.71. The first-order chi connectivity index (χ1) is 10.1. The van der Waals surface area contributed by atoms with Crippen molar-refractivity contribution in [3.05, 3.63) is 64.9 Å². The molecule has 112 valence electrons. The van der Waals surface area contributed by atoms with Gasteiger partial charge in [0.15, 0.2) is 0 Å². The highest BCUT2D eigenvalue weighted by molar-refractivity contribution is 6.30. The number of aliphatic hydroxyl groups excluding tert-OH is 1. The lowest BCUT2D eigenvalue weighted by molar-refractivity contribution is 0.0348. The van der Waals surface area contributed by atoms with Crippen LogP contribution >= 0.6 is 11.6 Å². The van der Waals surface area contributed by atoms with Crippen LogP contribution in [0.25, 0.3) is 0 Å². The first-order valence-corrected chi connectivity index (χ1v) is 7.01. The Balaban J connectivity index is 1.67. The molecule has 0 aliphatic rings. The summed E-state index contributed by atoms with van der Waals surface area (Å²) >= 11 is 5.79. The van der Waals surface area contributed by atoms with Crippen molar-refractivity contribution < 1.29 is 14.2 Å². The summed E-state index contributed by atoms with van der Waals surface area (Å²) in [5, 5.41) is 13.4. The Bertz CT molecular complexity index is 562. The van der Waals surface area contributed by atoms with Gasteiger partial charge in [0.05, 0.1) is 19.3 Å². The van der Waals surface area contributed by atoms with E-state index in [2.05, 4.69) is 5.32 Å². The minimum absolute atomic E-state index is 0.199. The molecule has 1 unspecified atom stereocenters. The first-order valence-electron chi connectivity index (χ1n) is 6.63. The number of ether oxygens (including phenoxy) is 1. The van der Waals surface area contributed by atoms with Crippen molar-refractivity contribution in [1.82, 2.24) is 0 Å². The van der Waals surface area contributed by atoms with Crippen molar-refractivity contribution in [2.45, 2.75) is 12.7 Å². The van der Waals surface area contributed by atoms with Crippen molar-refractivity contribution in [3.63, 3.8) is 0 Å². The van der Waals surface area contributed by atoms with Crippen LogP contribution in [0, 0.1) is 5.82 Å². The van der Waals surface area contributed by atoms with Crippen molar-refractivity contribution in [1.29, 1.82) is 0 Å². The number of rotatable bonds is 7. The average molecular weight is 310 g/mol. The maximum absolute atomic E-state index is 13.0. The van der Waals surface area contributed by atoms with E-state index in [1.807, 2.05) is 12.1 Å². The highest BCUT2D eigenvalue weighted by Gasteiger charge is 2.05. The molecule has 2 aromatic carbocycles. The summed E-state index contributed by atoms with van der Waals surface area (Å²) in [4.78, 5) is 0. The number of hydrogen-bond acceptors (Lipinski definition) is 3. The number of halogens is 2. The van der Waals surface area contributed by atoms with Crippen LogP contribution in [0.15, 0.2) is 48.5 Å². The summed E-state index contributed by atoms with van der Waals surface area (Å²) in [5.41, 5.74) is 1.62. The Morgan fingerprint density at radius 3 is 2.67 bits per heavy atom. The molecule has 0 spiro atoms. The van der Waals surface area contributed by atoms with Gasteiger partial charge in [-0.25, -0.2) is 4.39 Å². The fourth-order valence-electron chi connectivity index (χ4n) is 1.79. The zero-order valence-electron chi connectivity index (χ0n) is 11.4. The van der Waals surface area contributed by atoms with Gasteiger partial charge in [-0.15, -0.1) is 0 Å². The lowest BCUT2D eigenvalue weighted by atomic mass is 10.2.